The molecule has 0 radical (unpaired) electrons. The van der Waals surface area contributed by atoms with Gasteiger partial charge < -0.3 is 25.3 Å². The summed E-state index contributed by atoms with van der Waals surface area (Å²) in [5, 5.41) is 18.0. The maximum absolute atomic E-state index is 13.2. The molecule has 0 bridgehead atoms. The highest BCUT2D eigenvalue weighted by atomic mass is 32.2. The smallest absolute Gasteiger partial charge is 0.407 e. The molecule has 1 saturated heterocycles. The number of alkyl carbamates (subject to hydrolysis) is 1. The number of hydrogen-bond acceptors (Lipinski definition) is 8. The molecule has 3 N–H and O–H groups in total. The van der Waals surface area contributed by atoms with Crippen LogP contribution >= 0.6 is 11.8 Å². The largest absolute Gasteiger partial charge is 0.477 e. The third kappa shape index (κ3) is 5.18. The van der Waals surface area contributed by atoms with Crippen molar-refractivity contribution < 1.29 is 33.9 Å². The second-order valence-electron chi connectivity index (χ2n) is 7.65. The monoisotopic (exact) mass is 510 g/mol. The Kier molecular flexibility index (Phi) is 7.54. The van der Waals surface area contributed by atoms with Crippen LogP contribution in [0.15, 0.2) is 77.1 Å². The van der Waals surface area contributed by atoms with Gasteiger partial charge in [-0.15, -0.1) is 11.8 Å². The second kappa shape index (κ2) is 11.0. The van der Waals surface area contributed by atoms with Crippen LogP contribution in [0.4, 0.5) is 4.79 Å². The lowest BCUT2D eigenvalue weighted by Gasteiger charge is -2.49. The number of β-lactam (4-membered cyclic amide) rings is 1. The van der Waals surface area contributed by atoms with Crippen molar-refractivity contribution in [3.63, 3.8) is 0 Å². The molecule has 11 nitrogen and oxygen atoms in total. The van der Waals surface area contributed by atoms with Gasteiger partial charge in [0.05, 0.1) is 0 Å². The number of ether oxygens (including phenoxy) is 1. The molecule has 0 spiro atoms. The van der Waals surface area contributed by atoms with Crippen molar-refractivity contribution in [1.29, 1.82) is 0 Å². The first kappa shape index (κ1) is 24.8. The lowest BCUT2D eigenvalue weighted by Crippen LogP contribution is -2.71. The van der Waals surface area contributed by atoms with Gasteiger partial charge in [-0.3, -0.25) is 14.5 Å². The molecule has 4 rings (SSSR count). The molecule has 186 valence electrons. The molecule has 3 amide bonds. The summed E-state index contributed by atoms with van der Waals surface area (Å²) in [6.07, 6.45) is -0.718. The lowest BCUT2D eigenvalue weighted by molar-refractivity contribution is -0.150. The molecule has 12 heteroatoms. The fraction of sp³-hybridized carbons (Fsp3) is 0.208. The van der Waals surface area contributed by atoms with E-state index in [1.54, 1.807) is 54.6 Å². The number of carbonyl (C=O) groups is 4. The maximum Gasteiger partial charge on any atom is 0.407 e. The number of hydrogen-bond donors (Lipinski definition) is 3. The van der Waals surface area contributed by atoms with E-state index < -0.39 is 35.3 Å². The van der Waals surface area contributed by atoms with E-state index in [0.29, 0.717) is 11.3 Å². The summed E-state index contributed by atoms with van der Waals surface area (Å²) in [6, 6.07) is 16.4. The maximum atomic E-state index is 13.2. The van der Waals surface area contributed by atoms with Crippen LogP contribution in [0, 0.1) is 0 Å². The van der Waals surface area contributed by atoms with E-state index in [1.807, 2.05) is 6.07 Å². The van der Waals surface area contributed by atoms with Crippen molar-refractivity contribution in [1.82, 2.24) is 15.5 Å². The van der Waals surface area contributed by atoms with E-state index in [9.17, 15) is 24.3 Å². The highest BCUT2D eigenvalue weighted by Gasteiger charge is 2.54. The summed E-state index contributed by atoms with van der Waals surface area (Å²) in [7, 11) is 1.38. The minimum Gasteiger partial charge on any atom is -0.477 e. The van der Waals surface area contributed by atoms with Crippen molar-refractivity contribution in [3.05, 3.63) is 77.5 Å². The number of amides is 3. The molecule has 2 atom stereocenters. The molecule has 36 heavy (non-hydrogen) atoms. The summed E-state index contributed by atoms with van der Waals surface area (Å²) >= 11 is 1.26. The number of nitrogens with zero attached hydrogens (tertiary/aromatic N) is 2. The number of nitrogens with one attached hydrogen (secondary N) is 2. The summed E-state index contributed by atoms with van der Waals surface area (Å²) in [5.41, 5.74) is 0.474. The fourth-order valence-corrected chi connectivity index (χ4v) is 4.96. The number of oxime groups is 1. The van der Waals surface area contributed by atoms with Crippen LogP contribution in [-0.2, 0) is 19.1 Å². The number of rotatable bonds is 8. The third-order valence-corrected chi connectivity index (χ3v) is 6.71. The van der Waals surface area contributed by atoms with Gasteiger partial charge in [-0.2, -0.15) is 0 Å². The number of thioether (sulfide) groups is 1. The Morgan fingerprint density at radius 2 is 1.78 bits per heavy atom. The normalized spacial score (nSPS) is 19.1. The summed E-state index contributed by atoms with van der Waals surface area (Å²) in [5.74, 6) is -1.93. The molecule has 2 aromatic carbocycles. The van der Waals surface area contributed by atoms with Crippen LogP contribution in [0.1, 0.15) is 5.56 Å². The van der Waals surface area contributed by atoms with Gasteiger partial charge >= 0.3 is 12.1 Å². The molecular formula is C24H22N4O7S. The number of fused-ring (bicyclic) bond motifs is 1. The highest BCUT2D eigenvalue weighted by Crippen LogP contribution is 2.40. The molecule has 2 heterocycles. The van der Waals surface area contributed by atoms with E-state index >= 15 is 0 Å². The molecule has 0 aliphatic carbocycles. The SMILES string of the molecule is CNC(=O)OCC1=C(C(=O)O)N2C(=O)[C@@H](NC(=O)C(=NOc3ccccc3)c3ccccc3)[C@H]2SC1. The minimum atomic E-state index is -1.32. The predicted molar refractivity (Wildman–Crippen MR) is 130 cm³/mol. The second-order valence-corrected chi connectivity index (χ2v) is 8.76. The van der Waals surface area contributed by atoms with Crippen LogP contribution in [-0.4, -0.2) is 70.4 Å². The molecular weight excluding hydrogens is 488 g/mol. The van der Waals surface area contributed by atoms with Crippen molar-refractivity contribution in [2.24, 2.45) is 5.16 Å². The fourth-order valence-electron chi connectivity index (χ4n) is 3.63. The quantitative estimate of drug-likeness (QED) is 0.276. The van der Waals surface area contributed by atoms with E-state index in [2.05, 4.69) is 15.8 Å². The Hall–Kier alpha value is -4.32. The van der Waals surface area contributed by atoms with Gasteiger partial charge in [-0.05, 0) is 12.1 Å². The van der Waals surface area contributed by atoms with Gasteiger partial charge in [0.1, 0.15) is 23.7 Å². The van der Waals surface area contributed by atoms with Crippen LogP contribution < -0.4 is 15.5 Å². The van der Waals surface area contributed by atoms with Crippen molar-refractivity contribution in [2.75, 3.05) is 19.4 Å². The van der Waals surface area contributed by atoms with Gasteiger partial charge in [0, 0.05) is 23.9 Å². The molecule has 0 aromatic heterocycles. The van der Waals surface area contributed by atoms with Crippen LogP contribution in [0.5, 0.6) is 5.75 Å². The first-order chi connectivity index (χ1) is 17.4. The minimum absolute atomic E-state index is 0.0415. The summed E-state index contributed by atoms with van der Waals surface area (Å²) in [4.78, 5) is 56.0. The van der Waals surface area contributed by atoms with Crippen LogP contribution in [0.25, 0.3) is 0 Å². The van der Waals surface area contributed by atoms with Gasteiger partial charge in [-0.25, -0.2) is 9.59 Å². The first-order valence-corrected chi connectivity index (χ1v) is 11.9. The Balaban J connectivity index is 1.52. The summed E-state index contributed by atoms with van der Waals surface area (Å²) in [6.45, 7) is -0.274. The van der Waals surface area contributed by atoms with Gasteiger partial charge in [0.25, 0.3) is 11.8 Å². The average Bonchev–Trinajstić information content (AvgIpc) is 2.90. The Bertz CT molecular complexity index is 1230. The summed E-state index contributed by atoms with van der Waals surface area (Å²) < 4.78 is 4.97. The first-order valence-electron chi connectivity index (χ1n) is 10.8. The number of carbonyl (C=O) groups excluding carboxylic acids is 3. The van der Waals surface area contributed by atoms with Gasteiger partial charge in [-0.1, -0.05) is 53.7 Å². The lowest BCUT2D eigenvalue weighted by atomic mass is 10.0. The van der Waals surface area contributed by atoms with Crippen molar-refractivity contribution in [2.45, 2.75) is 11.4 Å². The molecule has 2 aliphatic rings. The molecule has 1 fully saturated rings. The molecule has 0 saturated carbocycles. The third-order valence-electron chi connectivity index (χ3n) is 5.37. The predicted octanol–water partition coefficient (Wildman–Crippen LogP) is 1.56. The Morgan fingerprint density at radius 1 is 1.11 bits per heavy atom. The number of para-hydroxylation sites is 1. The molecule has 2 aliphatic heterocycles. The Labute approximate surface area is 210 Å². The average molecular weight is 511 g/mol. The molecule has 0 unspecified atom stereocenters. The van der Waals surface area contributed by atoms with Crippen molar-refractivity contribution >= 4 is 41.4 Å². The Morgan fingerprint density at radius 3 is 2.42 bits per heavy atom. The number of carboxylic acid groups (broad SMARTS) is 1. The topological polar surface area (TPSA) is 147 Å². The van der Waals surface area contributed by atoms with Crippen LogP contribution in [0.3, 0.4) is 0 Å². The van der Waals surface area contributed by atoms with E-state index in [-0.39, 0.29) is 29.3 Å². The number of benzene rings is 2. The molecule has 2 aromatic rings. The number of carboxylic acids is 1. The highest BCUT2D eigenvalue weighted by molar-refractivity contribution is 8.00. The zero-order valence-corrected chi connectivity index (χ0v) is 19.9. The van der Waals surface area contributed by atoms with E-state index in [0.717, 1.165) is 4.90 Å². The zero-order valence-electron chi connectivity index (χ0n) is 19.0. The zero-order chi connectivity index (χ0) is 25.7. The van der Waals surface area contributed by atoms with Gasteiger partial charge in [0.15, 0.2) is 11.5 Å². The van der Waals surface area contributed by atoms with E-state index in [1.165, 1.54) is 18.8 Å². The van der Waals surface area contributed by atoms with Crippen LogP contribution in [0.2, 0.25) is 0 Å². The van der Waals surface area contributed by atoms with E-state index in [4.69, 9.17) is 9.57 Å². The van der Waals surface area contributed by atoms with Gasteiger partial charge in [0.2, 0.25) is 0 Å². The number of aliphatic carboxylic acids is 1. The van der Waals surface area contributed by atoms with Crippen molar-refractivity contribution in [3.8, 4) is 5.75 Å². The standard InChI is InChI=1S/C24H22N4O7S/c1-25-24(33)34-12-15-13-36-22-18(21(30)28(22)19(15)23(31)32)26-20(29)17(14-8-4-2-5-9-14)27-35-16-10-6-3-7-11-16/h2-11,18,22H,12-13H2,1H3,(H,25,33)(H,26,29)(H,31,32)/t18-,22-/m1/s1.